The van der Waals surface area contributed by atoms with Crippen molar-refractivity contribution in [3.63, 3.8) is 0 Å². The second-order valence-corrected chi connectivity index (χ2v) is 8.32. The summed E-state index contributed by atoms with van der Waals surface area (Å²) >= 11 is 0. The molecule has 0 spiro atoms. The third-order valence-corrected chi connectivity index (χ3v) is 6.57. The molecule has 3 heterocycles. The molecule has 3 unspecified atom stereocenters. The van der Waals surface area contributed by atoms with Crippen molar-refractivity contribution in [1.82, 2.24) is 14.7 Å². The number of ether oxygens (including phenoxy) is 1. The molecule has 1 saturated carbocycles. The summed E-state index contributed by atoms with van der Waals surface area (Å²) in [6, 6.07) is 0.453. The molecule has 1 aromatic rings. The van der Waals surface area contributed by atoms with Crippen molar-refractivity contribution in [2.24, 2.45) is 13.0 Å². The summed E-state index contributed by atoms with van der Waals surface area (Å²) in [5.74, 6) is 0.917. The first-order valence-electron chi connectivity index (χ1n) is 10.2. The Morgan fingerprint density at radius 3 is 2.80 bits per heavy atom. The average Bonchev–Trinajstić information content (AvgIpc) is 3.23. The smallest absolute Gasteiger partial charge is 0.0700 e. The van der Waals surface area contributed by atoms with Gasteiger partial charge in [-0.15, -0.1) is 0 Å². The molecule has 0 amide bonds. The van der Waals surface area contributed by atoms with E-state index in [-0.39, 0.29) is 12.0 Å². The van der Waals surface area contributed by atoms with E-state index < -0.39 is 0 Å². The lowest BCUT2D eigenvalue weighted by Crippen LogP contribution is -2.45. The van der Waals surface area contributed by atoms with Gasteiger partial charge in [0.1, 0.15) is 0 Å². The van der Waals surface area contributed by atoms with Gasteiger partial charge in [-0.05, 0) is 38.6 Å². The van der Waals surface area contributed by atoms with Crippen LogP contribution in [-0.4, -0.2) is 51.7 Å². The second-order valence-electron chi connectivity index (χ2n) is 8.32. The predicted octanol–water partition coefficient (Wildman–Crippen LogP) is 2.83. The van der Waals surface area contributed by atoms with Crippen LogP contribution in [0.4, 0.5) is 0 Å². The molecular weight excluding hydrogens is 314 g/mol. The van der Waals surface area contributed by atoms with Crippen molar-refractivity contribution in [3.05, 3.63) is 17.5 Å². The Bertz CT molecular complexity index is 567. The molecule has 0 aromatic carbocycles. The van der Waals surface area contributed by atoms with Gasteiger partial charge in [0.25, 0.3) is 0 Å². The van der Waals surface area contributed by atoms with E-state index in [2.05, 4.69) is 18.1 Å². The monoisotopic (exact) mass is 347 g/mol. The third kappa shape index (κ3) is 3.79. The van der Waals surface area contributed by atoms with Gasteiger partial charge in [0.2, 0.25) is 0 Å². The highest BCUT2D eigenvalue weighted by Crippen LogP contribution is 2.36. The molecule has 4 rings (SSSR count). The highest BCUT2D eigenvalue weighted by Gasteiger charge is 2.38. The molecule has 3 aliphatic rings. The molecule has 1 N–H and O–H groups in total. The standard InChI is InChI=1S/C20H33N3O2/c1-22-12-16(20(21-22)15-6-3-2-4-7-15)13-23-10-5-8-18(23)17-14-25-11-9-19(17)24/h12,15,17-19,24H,2-11,13-14H2,1H3. The third-order valence-electron chi connectivity index (χ3n) is 6.57. The molecule has 25 heavy (non-hydrogen) atoms. The Morgan fingerprint density at radius 2 is 2.00 bits per heavy atom. The normalized spacial score (nSPS) is 32.3. The van der Waals surface area contributed by atoms with Crippen molar-refractivity contribution in [1.29, 1.82) is 0 Å². The number of hydrogen-bond donors (Lipinski definition) is 1. The molecule has 5 nitrogen and oxygen atoms in total. The van der Waals surface area contributed by atoms with Crippen molar-refractivity contribution < 1.29 is 9.84 Å². The fourth-order valence-corrected chi connectivity index (χ4v) is 5.26. The number of hydrogen-bond acceptors (Lipinski definition) is 4. The van der Waals surface area contributed by atoms with Crippen LogP contribution in [-0.2, 0) is 18.3 Å². The van der Waals surface area contributed by atoms with Crippen molar-refractivity contribution in [2.75, 3.05) is 19.8 Å². The van der Waals surface area contributed by atoms with Crippen molar-refractivity contribution in [2.45, 2.75) is 76.0 Å². The van der Waals surface area contributed by atoms with Gasteiger partial charge in [0, 0.05) is 49.8 Å². The van der Waals surface area contributed by atoms with Crippen molar-refractivity contribution in [3.8, 4) is 0 Å². The van der Waals surface area contributed by atoms with Crippen LogP contribution in [0.25, 0.3) is 0 Å². The summed E-state index contributed by atoms with van der Waals surface area (Å²) < 4.78 is 7.69. The Balaban J connectivity index is 1.49. The second kappa shape index (κ2) is 7.77. The average molecular weight is 348 g/mol. The number of aromatic nitrogens is 2. The highest BCUT2D eigenvalue weighted by atomic mass is 16.5. The first kappa shape index (κ1) is 17.5. The van der Waals surface area contributed by atoms with Gasteiger partial charge in [-0.2, -0.15) is 5.10 Å². The van der Waals surface area contributed by atoms with E-state index in [1.165, 1.54) is 56.2 Å². The van der Waals surface area contributed by atoms with E-state index in [1.54, 1.807) is 0 Å². The molecule has 3 atom stereocenters. The molecule has 1 aromatic heterocycles. The largest absolute Gasteiger partial charge is 0.393 e. The summed E-state index contributed by atoms with van der Waals surface area (Å²) in [4.78, 5) is 2.59. The minimum absolute atomic E-state index is 0.203. The quantitative estimate of drug-likeness (QED) is 0.910. The van der Waals surface area contributed by atoms with Crippen LogP contribution >= 0.6 is 0 Å². The van der Waals surface area contributed by atoms with Crippen LogP contribution in [0.5, 0.6) is 0 Å². The first-order valence-corrected chi connectivity index (χ1v) is 10.2. The van der Waals surface area contributed by atoms with E-state index in [1.807, 2.05) is 4.68 Å². The van der Waals surface area contributed by atoms with E-state index in [9.17, 15) is 5.11 Å². The molecule has 0 bridgehead atoms. The van der Waals surface area contributed by atoms with Crippen LogP contribution in [0.15, 0.2) is 6.20 Å². The lowest BCUT2D eigenvalue weighted by Gasteiger charge is -2.37. The minimum Gasteiger partial charge on any atom is -0.393 e. The molecule has 0 radical (unpaired) electrons. The zero-order valence-corrected chi connectivity index (χ0v) is 15.6. The molecule has 1 aliphatic carbocycles. The Kier molecular flexibility index (Phi) is 5.44. The van der Waals surface area contributed by atoms with E-state index in [4.69, 9.17) is 9.84 Å². The van der Waals surface area contributed by atoms with Crippen LogP contribution in [0.2, 0.25) is 0 Å². The zero-order valence-electron chi connectivity index (χ0n) is 15.6. The minimum atomic E-state index is -0.203. The first-order chi connectivity index (χ1) is 12.2. The van der Waals surface area contributed by atoms with Gasteiger partial charge >= 0.3 is 0 Å². The summed E-state index contributed by atoms with van der Waals surface area (Å²) in [5, 5.41) is 15.3. The van der Waals surface area contributed by atoms with Crippen LogP contribution in [0, 0.1) is 5.92 Å². The molecule has 140 valence electrons. The Hall–Kier alpha value is -0.910. The SMILES string of the molecule is Cn1cc(CN2CCCC2C2COCCC2O)c(C2CCCCC2)n1. The number of likely N-dealkylation sites (tertiary alicyclic amines) is 1. The lowest BCUT2D eigenvalue weighted by molar-refractivity contribution is -0.0636. The van der Waals surface area contributed by atoms with Crippen LogP contribution in [0.1, 0.15) is 68.5 Å². The van der Waals surface area contributed by atoms with E-state index in [0.717, 1.165) is 19.5 Å². The fraction of sp³-hybridized carbons (Fsp3) is 0.850. The van der Waals surface area contributed by atoms with Gasteiger partial charge in [-0.25, -0.2) is 0 Å². The lowest BCUT2D eigenvalue weighted by atomic mass is 9.85. The fourth-order valence-electron chi connectivity index (χ4n) is 5.26. The van der Waals surface area contributed by atoms with Gasteiger partial charge in [-0.3, -0.25) is 9.58 Å². The summed E-state index contributed by atoms with van der Waals surface area (Å²) in [6.07, 6.45) is 11.9. The summed E-state index contributed by atoms with van der Waals surface area (Å²) in [5.41, 5.74) is 2.75. The summed E-state index contributed by atoms with van der Waals surface area (Å²) in [7, 11) is 2.05. The topological polar surface area (TPSA) is 50.5 Å². The Labute approximate surface area is 151 Å². The van der Waals surface area contributed by atoms with E-state index in [0.29, 0.717) is 25.2 Å². The van der Waals surface area contributed by atoms with Gasteiger partial charge in [-0.1, -0.05) is 19.3 Å². The van der Waals surface area contributed by atoms with Crippen LogP contribution < -0.4 is 0 Å². The number of nitrogens with zero attached hydrogens (tertiary/aromatic N) is 3. The predicted molar refractivity (Wildman–Crippen MR) is 97.4 cm³/mol. The molecule has 2 aliphatic heterocycles. The number of aliphatic hydroxyl groups excluding tert-OH is 1. The summed E-state index contributed by atoms with van der Waals surface area (Å²) in [6.45, 7) is 3.53. The maximum Gasteiger partial charge on any atom is 0.0700 e. The van der Waals surface area contributed by atoms with Gasteiger partial charge in [0.15, 0.2) is 0 Å². The van der Waals surface area contributed by atoms with Gasteiger partial charge < -0.3 is 9.84 Å². The maximum atomic E-state index is 10.5. The van der Waals surface area contributed by atoms with Crippen LogP contribution in [0.3, 0.4) is 0 Å². The number of rotatable bonds is 4. The highest BCUT2D eigenvalue weighted by molar-refractivity contribution is 5.22. The molecule has 3 fully saturated rings. The Morgan fingerprint density at radius 1 is 1.16 bits per heavy atom. The van der Waals surface area contributed by atoms with Gasteiger partial charge in [0.05, 0.1) is 18.4 Å². The zero-order chi connectivity index (χ0) is 17.2. The number of aliphatic hydroxyl groups is 1. The maximum absolute atomic E-state index is 10.5. The molecule has 2 saturated heterocycles. The number of aryl methyl sites for hydroxylation is 1. The molecule has 5 heteroatoms. The van der Waals surface area contributed by atoms with Crippen molar-refractivity contribution >= 4 is 0 Å². The van der Waals surface area contributed by atoms with E-state index >= 15 is 0 Å². The molecular formula is C20H33N3O2.